The smallest absolute Gasteiger partial charge is 0.428 e. The molecule has 0 spiro atoms. The van der Waals surface area contributed by atoms with Crippen LogP contribution in [0.4, 0.5) is 13.2 Å². The molecule has 1 heterocycles. The van der Waals surface area contributed by atoms with E-state index in [-0.39, 0.29) is 13.0 Å². The van der Waals surface area contributed by atoms with Crippen molar-refractivity contribution in [1.82, 2.24) is 4.57 Å². The molecule has 0 aliphatic rings. The van der Waals surface area contributed by atoms with Crippen LogP contribution in [0.25, 0.3) is 4.13 Å². The lowest BCUT2D eigenvalue weighted by molar-refractivity contribution is -0.696. The average molecular weight is 349 g/mol. The first-order chi connectivity index (χ1) is 9.47. The molecule has 0 atom stereocenters. The molecular formula is C9H14F3N3O4S2. The Balaban J connectivity index is 2.58. The highest BCUT2D eigenvalue weighted by molar-refractivity contribution is 8.12. The van der Waals surface area contributed by atoms with E-state index in [1.165, 1.54) is 0 Å². The SMILES string of the molecule is CCn1cc[n+](CCCS(=O)(=O)[N-]S(=O)(=O)C(F)(F)F)c1. The minimum Gasteiger partial charge on any atom is -0.428 e. The maximum absolute atomic E-state index is 12.0. The van der Waals surface area contributed by atoms with Crippen molar-refractivity contribution >= 4 is 20.0 Å². The van der Waals surface area contributed by atoms with Crippen LogP contribution in [0.15, 0.2) is 18.7 Å². The van der Waals surface area contributed by atoms with Gasteiger partial charge >= 0.3 is 5.51 Å². The third-order valence-electron chi connectivity index (χ3n) is 2.43. The molecule has 12 heteroatoms. The van der Waals surface area contributed by atoms with Gasteiger partial charge in [0.1, 0.15) is 12.4 Å². The summed E-state index contributed by atoms with van der Waals surface area (Å²) in [6, 6.07) is 0. The van der Waals surface area contributed by atoms with Gasteiger partial charge in [0, 0.05) is 5.75 Å². The number of hydrogen-bond acceptors (Lipinski definition) is 4. The van der Waals surface area contributed by atoms with Gasteiger partial charge in [-0.05, 0) is 13.3 Å². The number of rotatable bonds is 7. The van der Waals surface area contributed by atoms with Crippen molar-refractivity contribution < 1.29 is 34.6 Å². The third kappa shape index (κ3) is 5.28. The normalized spacial score (nSPS) is 13.5. The second-order valence-electron chi connectivity index (χ2n) is 4.12. The first kappa shape index (κ1) is 17.9. The lowest BCUT2D eigenvalue weighted by Crippen LogP contribution is -2.32. The highest BCUT2D eigenvalue weighted by atomic mass is 32.3. The van der Waals surface area contributed by atoms with E-state index in [9.17, 15) is 30.0 Å². The quantitative estimate of drug-likeness (QED) is 0.679. The Bertz CT molecular complexity index is 679. The van der Waals surface area contributed by atoms with Gasteiger partial charge in [-0.1, -0.05) is 0 Å². The van der Waals surface area contributed by atoms with Gasteiger partial charge in [0.05, 0.1) is 23.1 Å². The topological polar surface area (TPSA) is 91.2 Å². The summed E-state index contributed by atoms with van der Waals surface area (Å²) in [5, 5.41) is 0. The lowest BCUT2D eigenvalue weighted by Gasteiger charge is -2.21. The van der Waals surface area contributed by atoms with E-state index in [0.29, 0.717) is 6.54 Å². The fourth-order valence-electron chi connectivity index (χ4n) is 1.42. The largest absolute Gasteiger partial charge is 0.480 e. The Morgan fingerprint density at radius 1 is 1.24 bits per heavy atom. The molecule has 21 heavy (non-hydrogen) atoms. The van der Waals surface area contributed by atoms with Crippen LogP contribution in [-0.2, 0) is 33.1 Å². The van der Waals surface area contributed by atoms with Gasteiger partial charge in [0.2, 0.25) is 6.33 Å². The van der Waals surface area contributed by atoms with Gasteiger partial charge in [-0.3, -0.25) is 0 Å². The number of halogens is 3. The highest BCUT2D eigenvalue weighted by Crippen LogP contribution is 2.30. The molecule has 7 nitrogen and oxygen atoms in total. The summed E-state index contributed by atoms with van der Waals surface area (Å²) in [6.07, 6.45) is 5.04. The van der Waals surface area contributed by atoms with E-state index in [0.717, 1.165) is 0 Å². The van der Waals surface area contributed by atoms with Gasteiger partial charge in [0.15, 0.2) is 10.0 Å². The van der Waals surface area contributed by atoms with Crippen LogP contribution in [0.5, 0.6) is 0 Å². The molecular weight excluding hydrogens is 335 g/mol. The molecule has 122 valence electrons. The lowest BCUT2D eigenvalue weighted by atomic mass is 10.5. The Kier molecular flexibility index (Phi) is 5.39. The molecule has 0 unspecified atom stereocenters. The first-order valence-electron chi connectivity index (χ1n) is 5.80. The number of nitrogens with zero attached hydrogens (tertiary/aromatic N) is 3. The molecule has 0 fully saturated rings. The summed E-state index contributed by atoms with van der Waals surface area (Å²) >= 11 is 0. The van der Waals surface area contributed by atoms with Crippen molar-refractivity contribution in [2.24, 2.45) is 0 Å². The standard InChI is InChI=1S/C9H14F3N3O4S2/c1-2-14-5-6-15(8-14)4-3-7-20(16,17)13-21(18,19)9(10,11)12/h5-6,8H,2-4,7H2,1H3. The zero-order valence-electron chi connectivity index (χ0n) is 11.0. The zero-order valence-corrected chi connectivity index (χ0v) is 12.6. The second-order valence-corrected chi connectivity index (χ2v) is 7.70. The molecule has 1 aromatic rings. The second kappa shape index (κ2) is 6.32. The molecule has 0 bridgehead atoms. The van der Waals surface area contributed by atoms with E-state index < -0.39 is 31.3 Å². The van der Waals surface area contributed by atoms with Gasteiger partial charge < -0.3 is 4.13 Å². The number of imidazole rings is 1. The minimum absolute atomic E-state index is 0.0579. The van der Waals surface area contributed by atoms with E-state index in [2.05, 4.69) is 0 Å². The Labute approximate surface area is 120 Å². The van der Waals surface area contributed by atoms with Crippen LogP contribution >= 0.6 is 0 Å². The summed E-state index contributed by atoms with van der Waals surface area (Å²) in [7, 11) is -10.7. The molecule has 0 aromatic carbocycles. The highest BCUT2D eigenvalue weighted by Gasteiger charge is 2.40. The molecule has 0 aliphatic carbocycles. The van der Waals surface area contributed by atoms with Crippen LogP contribution in [0.2, 0.25) is 0 Å². The van der Waals surface area contributed by atoms with Crippen LogP contribution in [0.3, 0.4) is 0 Å². The molecule has 0 saturated carbocycles. The number of hydrogen-bond donors (Lipinski definition) is 0. The van der Waals surface area contributed by atoms with Crippen LogP contribution in [0, 0.1) is 0 Å². The van der Waals surface area contributed by atoms with Crippen molar-refractivity contribution in [3.63, 3.8) is 0 Å². The zero-order chi connectivity index (χ0) is 16.3. The fraction of sp³-hybridized carbons (Fsp3) is 0.667. The Morgan fingerprint density at radius 2 is 1.86 bits per heavy atom. The van der Waals surface area contributed by atoms with Crippen molar-refractivity contribution in [2.75, 3.05) is 5.75 Å². The van der Waals surface area contributed by atoms with E-state index >= 15 is 0 Å². The minimum atomic E-state index is -6.02. The number of alkyl halides is 3. The number of aryl methyl sites for hydroxylation is 2. The van der Waals surface area contributed by atoms with E-state index in [1.54, 1.807) is 23.3 Å². The maximum atomic E-state index is 12.0. The van der Waals surface area contributed by atoms with Crippen molar-refractivity contribution in [3.8, 4) is 0 Å². The average Bonchev–Trinajstić information content (AvgIpc) is 2.73. The third-order valence-corrected chi connectivity index (χ3v) is 5.52. The van der Waals surface area contributed by atoms with Crippen molar-refractivity contribution in [3.05, 3.63) is 22.8 Å². The van der Waals surface area contributed by atoms with Crippen LogP contribution < -0.4 is 4.57 Å². The summed E-state index contributed by atoms with van der Waals surface area (Å²) in [4.78, 5) is 0. The van der Waals surface area contributed by atoms with E-state index in [4.69, 9.17) is 0 Å². The predicted molar refractivity (Wildman–Crippen MR) is 67.0 cm³/mol. The number of aromatic nitrogens is 2. The molecule has 0 saturated heterocycles. The molecule has 0 amide bonds. The summed E-state index contributed by atoms with van der Waals surface area (Å²) in [5.74, 6) is -0.785. The van der Waals surface area contributed by atoms with E-state index in [1.807, 2.05) is 15.6 Å². The van der Waals surface area contributed by atoms with Crippen molar-refractivity contribution in [2.45, 2.75) is 31.9 Å². The van der Waals surface area contributed by atoms with Crippen LogP contribution in [-0.4, -0.2) is 32.7 Å². The monoisotopic (exact) mass is 349 g/mol. The number of sulfonamides is 2. The van der Waals surface area contributed by atoms with Crippen LogP contribution in [0.1, 0.15) is 13.3 Å². The van der Waals surface area contributed by atoms with Gasteiger partial charge in [-0.15, -0.1) is 0 Å². The van der Waals surface area contributed by atoms with Gasteiger partial charge in [-0.2, -0.15) is 13.2 Å². The summed E-state index contributed by atoms with van der Waals surface area (Å²) in [5.41, 5.74) is -5.72. The van der Waals surface area contributed by atoms with Gasteiger partial charge in [0.25, 0.3) is 0 Å². The first-order valence-corrected chi connectivity index (χ1v) is 8.85. The Hall–Kier alpha value is -1.14. The predicted octanol–water partition coefficient (Wildman–Crippen LogP) is 0.739. The van der Waals surface area contributed by atoms with Gasteiger partial charge in [-0.25, -0.2) is 26.0 Å². The van der Waals surface area contributed by atoms with Crippen molar-refractivity contribution in [1.29, 1.82) is 0 Å². The maximum Gasteiger partial charge on any atom is 0.480 e. The Morgan fingerprint density at radius 3 is 2.33 bits per heavy atom. The fourth-order valence-corrected chi connectivity index (χ4v) is 3.74. The molecule has 0 radical (unpaired) electrons. The molecule has 0 aliphatic heterocycles. The molecule has 1 aromatic heterocycles. The summed E-state index contributed by atoms with van der Waals surface area (Å²) < 4.78 is 85.4. The molecule has 0 N–H and O–H groups in total. The summed E-state index contributed by atoms with van der Waals surface area (Å²) in [6.45, 7) is 2.83. The molecule has 1 rings (SSSR count).